The molecule has 0 heterocycles. The summed E-state index contributed by atoms with van der Waals surface area (Å²) >= 11 is 0. The van der Waals surface area contributed by atoms with Crippen molar-refractivity contribution in [3.05, 3.63) is 12.8 Å². The second-order valence-corrected chi connectivity index (χ2v) is 1.56. The summed E-state index contributed by atoms with van der Waals surface area (Å²) in [4.78, 5) is 0. The van der Waals surface area contributed by atoms with Gasteiger partial charge in [-0.05, 0) is 25.7 Å². The van der Waals surface area contributed by atoms with Gasteiger partial charge in [-0.25, -0.2) is 0 Å². The molecule has 0 aromatic rings. The zero-order chi connectivity index (χ0) is 6.24. The quantitative estimate of drug-likeness (QED) is 0.152. The van der Waals surface area contributed by atoms with Crippen molar-refractivity contribution >= 4 is 0 Å². The van der Waals surface area contributed by atoms with Gasteiger partial charge in [-0.15, -0.1) is 0 Å². The van der Waals surface area contributed by atoms with Crippen LogP contribution >= 0.6 is 0 Å². The molecule has 0 aromatic heterocycles. The van der Waals surface area contributed by atoms with E-state index in [1.165, 1.54) is 0 Å². The maximum absolute atomic E-state index is 6.52. The normalized spacial score (nSPS) is 5.80. The molecular weight excluding hydrogens is 110 g/mol. The first-order valence-corrected chi connectivity index (χ1v) is 2.71. The number of unbranched alkanes of at least 4 members (excludes halogenated alkanes) is 3. The number of rotatable bonds is 3. The third kappa shape index (κ3) is 15.8. The average molecular weight is 118 g/mol. The summed E-state index contributed by atoms with van der Waals surface area (Å²) < 4.78 is 0. The van der Waals surface area contributed by atoms with Crippen LogP contribution in [0.1, 0.15) is 25.7 Å². The van der Waals surface area contributed by atoms with E-state index in [1.54, 1.807) is 0 Å². The molecule has 0 saturated carbocycles. The zero-order valence-corrected chi connectivity index (χ0v) is 6.83. The Balaban J connectivity index is -0.000000245. The second kappa shape index (κ2) is 16.1. The van der Waals surface area contributed by atoms with Crippen molar-refractivity contribution in [3.8, 4) is 11.8 Å². The molecule has 0 unspecified atom stereocenters. The smallest absolute Gasteiger partial charge is 0.694 e. The van der Waals surface area contributed by atoms with Crippen LogP contribution in [0.25, 0.3) is 0 Å². The van der Waals surface area contributed by atoms with E-state index in [2.05, 4.69) is 11.8 Å². The van der Waals surface area contributed by atoms with E-state index in [4.69, 9.17) is 12.8 Å². The Morgan fingerprint density at radius 1 is 0.800 bits per heavy atom. The molecule has 0 aromatic carbocycles. The Kier molecular flexibility index (Phi) is 27.0. The van der Waals surface area contributed by atoms with Crippen LogP contribution in [0.4, 0.5) is 0 Å². The van der Waals surface area contributed by atoms with E-state index in [9.17, 15) is 0 Å². The van der Waals surface area contributed by atoms with Gasteiger partial charge in [0.15, 0.2) is 0 Å². The van der Waals surface area contributed by atoms with Gasteiger partial charge in [-0.2, -0.15) is 0 Å². The van der Waals surface area contributed by atoms with Gasteiger partial charge in [0.1, 0.15) is 0 Å². The van der Waals surface area contributed by atoms with Crippen LogP contribution in [0.15, 0.2) is 0 Å². The van der Waals surface area contributed by atoms with Crippen molar-refractivity contribution < 1.29 is 37.7 Å². The van der Waals surface area contributed by atoms with Gasteiger partial charge >= 0.3 is 37.7 Å². The third-order valence-electron chi connectivity index (χ3n) is 0.854. The Labute approximate surface area is 87.9 Å². The third-order valence-corrected chi connectivity index (χ3v) is 0.854. The molecule has 10 heavy (non-hydrogen) atoms. The predicted molar refractivity (Wildman–Crippen MR) is 32.7 cm³/mol. The summed E-state index contributed by atoms with van der Waals surface area (Å²) in [5, 5.41) is 0. The van der Waals surface area contributed by atoms with Gasteiger partial charge in [0.25, 0.3) is 0 Å². The topological polar surface area (TPSA) is 0 Å². The Morgan fingerprint density at radius 3 is 1.30 bits per heavy atom. The van der Waals surface area contributed by atoms with Crippen molar-refractivity contribution in [1.82, 2.24) is 0 Å². The average Bonchev–Trinajstić information content (AvgIpc) is 1.81. The summed E-state index contributed by atoms with van der Waals surface area (Å²) in [5.41, 5.74) is 0. The summed E-state index contributed by atoms with van der Waals surface area (Å²) in [7, 11) is 0. The summed E-state index contributed by atoms with van der Waals surface area (Å²) in [6.07, 6.45) is 16.4. The molecule has 0 aliphatic carbocycles. The molecule has 0 fully saturated rings. The van der Waals surface area contributed by atoms with Gasteiger partial charge in [-0.1, -0.05) is 0 Å². The molecule has 0 rings (SSSR count). The molecule has 0 aliphatic heterocycles. The molecule has 2 heteroatoms. The summed E-state index contributed by atoms with van der Waals surface area (Å²) in [6, 6.07) is 0. The van der Waals surface area contributed by atoms with Crippen LogP contribution < -0.4 is 37.7 Å². The van der Waals surface area contributed by atoms with Crippen LogP contribution in [0.2, 0.25) is 0 Å². The number of hydrogen-bond donors (Lipinski definition) is 0. The maximum atomic E-state index is 6.52. The molecule has 0 amide bonds. The van der Waals surface area contributed by atoms with Crippen LogP contribution in [0, 0.1) is 24.7 Å². The van der Waals surface area contributed by atoms with E-state index in [0.717, 1.165) is 25.7 Å². The van der Waals surface area contributed by atoms with E-state index in [-0.39, 0.29) is 37.7 Å². The standard InChI is InChI=1S/C8H8.2Li/c1-3-5-7-8-6-4-2;;/h5-8H2;;/q-2;2*+1. The first kappa shape index (κ1) is 16.7. The minimum Gasteiger partial charge on any atom is -0.694 e. The van der Waals surface area contributed by atoms with E-state index >= 15 is 0 Å². The number of hydrogen-bond acceptors (Lipinski definition) is 0. The first-order valence-electron chi connectivity index (χ1n) is 2.71. The SMILES string of the molecule is [C-]#CCCCCC#[C-].[Li+].[Li+]. The molecule has 0 nitrogen and oxygen atoms in total. The minimum atomic E-state index is 0. The van der Waals surface area contributed by atoms with Crippen molar-refractivity contribution in [2.45, 2.75) is 25.7 Å². The Morgan fingerprint density at radius 2 is 1.10 bits per heavy atom. The van der Waals surface area contributed by atoms with Crippen molar-refractivity contribution in [1.29, 1.82) is 0 Å². The van der Waals surface area contributed by atoms with Crippen LogP contribution in [0.5, 0.6) is 0 Å². The van der Waals surface area contributed by atoms with Gasteiger partial charge < -0.3 is 24.7 Å². The van der Waals surface area contributed by atoms with E-state index in [0.29, 0.717) is 0 Å². The van der Waals surface area contributed by atoms with E-state index < -0.39 is 0 Å². The van der Waals surface area contributed by atoms with Gasteiger partial charge in [0.2, 0.25) is 0 Å². The Bertz CT molecular complexity index is 100. The van der Waals surface area contributed by atoms with Gasteiger partial charge in [-0.3, -0.25) is 0 Å². The largest absolute Gasteiger partial charge is 1.00 e. The summed E-state index contributed by atoms with van der Waals surface area (Å²) in [6.45, 7) is 0. The van der Waals surface area contributed by atoms with Crippen molar-refractivity contribution in [2.24, 2.45) is 0 Å². The maximum Gasteiger partial charge on any atom is 1.00 e. The molecule has 0 aliphatic rings. The molecule has 0 atom stereocenters. The molecule has 0 N–H and O–H groups in total. The van der Waals surface area contributed by atoms with Crippen LogP contribution in [-0.2, 0) is 0 Å². The monoisotopic (exact) mass is 118 g/mol. The fourth-order valence-corrected chi connectivity index (χ4v) is 0.427. The molecule has 0 spiro atoms. The minimum absolute atomic E-state index is 0. The van der Waals surface area contributed by atoms with Gasteiger partial charge in [0.05, 0.1) is 0 Å². The van der Waals surface area contributed by atoms with E-state index in [1.807, 2.05) is 0 Å². The fraction of sp³-hybridized carbons (Fsp3) is 0.500. The predicted octanol–water partition coefficient (Wildman–Crippen LogP) is -4.27. The molecule has 0 saturated heterocycles. The van der Waals surface area contributed by atoms with Crippen molar-refractivity contribution in [2.75, 3.05) is 0 Å². The van der Waals surface area contributed by atoms with Crippen LogP contribution in [-0.4, -0.2) is 0 Å². The molecule has 42 valence electrons. The fourth-order valence-electron chi connectivity index (χ4n) is 0.427. The molecule has 0 radical (unpaired) electrons. The van der Waals surface area contributed by atoms with Crippen LogP contribution in [0.3, 0.4) is 0 Å². The Hall–Kier alpha value is 0.315. The first-order chi connectivity index (χ1) is 3.91. The molecular formula is C8H8Li2. The van der Waals surface area contributed by atoms with Gasteiger partial charge in [0, 0.05) is 0 Å². The zero-order valence-electron chi connectivity index (χ0n) is 6.83. The summed E-state index contributed by atoms with van der Waals surface area (Å²) in [5.74, 6) is 4.58. The molecule has 0 bridgehead atoms. The second-order valence-electron chi connectivity index (χ2n) is 1.56. The van der Waals surface area contributed by atoms with Crippen molar-refractivity contribution in [3.63, 3.8) is 0 Å².